The molecule has 0 aliphatic carbocycles. The predicted octanol–water partition coefficient (Wildman–Crippen LogP) is 1.46. The van der Waals surface area contributed by atoms with Crippen molar-refractivity contribution in [1.82, 2.24) is 10.2 Å². The molecule has 2 saturated heterocycles. The average Bonchev–Trinajstić information content (AvgIpc) is 2.74. The second-order valence-electron chi connectivity index (χ2n) is 4.58. The first kappa shape index (κ1) is 11.8. The van der Waals surface area contributed by atoms with Gasteiger partial charge in [-0.2, -0.15) is 11.8 Å². The Morgan fingerprint density at radius 1 is 1.44 bits per heavy atom. The monoisotopic (exact) mass is 242 g/mol. The number of nitrogens with one attached hydrogen (secondary N) is 1. The van der Waals surface area contributed by atoms with E-state index >= 15 is 0 Å². The van der Waals surface area contributed by atoms with E-state index in [0.29, 0.717) is 5.92 Å². The number of thioether (sulfide) groups is 1. The van der Waals surface area contributed by atoms with Gasteiger partial charge in [-0.15, -0.1) is 0 Å². The summed E-state index contributed by atoms with van der Waals surface area (Å²) in [5, 5.41) is 2.78. The van der Waals surface area contributed by atoms with Gasteiger partial charge in [0.15, 0.2) is 0 Å². The van der Waals surface area contributed by atoms with E-state index < -0.39 is 0 Å². The highest BCUT2D eigenvalue weighted by Crippen LogP contribution is 2.30. The van der Waals surface area contributed by atoms with Gasteiger partial charge in [0.2, 0.25) is 0 Å². The molecule has 0 unspecified atom stereocenters. The van der Waals surface area contributed by atoms with Crippen LogP contribution in [-0.4, -0.2) is 40.4 Å². The summed E-state index contributed by atoms with van der Waals surface area (Å²) in [5.41, 5.74) is 0. The fraction of sp³-hybridized carbons (Fsp3) is 0.818. The Kier molecular flexibility index (Phi) is 3.42. The van der Waals surface area contributed by atoms with E-state index in [1.165, 1.54) is 4.90 Å². The van der Waals surface area contributed by atoms with Crippen LogP contribution in [0.15, 0.2) is 0 Å². The summed E-state index contributed by atoms with van der Waals surface area (Å²) >= 11 is 1.82. The van der Waals surface area contributed by atoms with Crippen molar-refractivity contribution in [2.75, 3.05) is 11.5 Å². The molecule has 4 nitrogen and oxygen atoms in total. The molecule has 16 heavy (non-hydrogen) atoms. The molecule has 2 fully saturated rings. The van der Waals surface area contributed by atoms with Crippen LogP contribution in [0.5, 0.6) is 0 Å². The molecular weight excluding hydrogens is 224 g/mol. The number of carbonyl (C=O) groups excluding carboxylic acids is 2. The van der Waals surface area contributed by atoms with Crippen molar-refractivity contribution < 1.29 is 9.59 Å². The Morgan fingerprint density at radius 2 is 2.19 bits per heavy atom. The fourth-order valence-corrected chi connectivity index (χ4v) is 3.77. The molecule has 0 aromatic carbocycles. The Morgan fingerprint density at radius 3 is 2.75 bits per heavy atom. The first-order valence-corrected chi connectivity index (χ1v) is 7.02. The number of imide groups is 1. The highest BCUT2D eigenvalue weighted by atomic mass is 32.2. The molecule has 3 amide bonds. The lowest BCUT2D eigenvalue weighted by Gasteiger charge is -2.23. The maximum atomic E-state index is 12.1. The summed E-state index contributed by atoms with van der Waals surface area (Å²) in [6.07, 6.45) is 1.66. The predicted molar refractivity (Wildman–Crippen MR) is 64.4 cm³/mol. The molecule has 0 bridgehead atoms. The maximum absolute atomic E-state index is 12.1. The van der Waals surface area contributed by atoms with Gasteiger partial charge in [-0.05, 0) is 18.1 Å². The molecule has 2 rings (SSSR count). The Labute approximate surface area is 100 Å². The number of rotatable bonds is 3. The largest absolute Gasteiger partial charge is 0.326 e. The van der Waals surface area contributed by atoms with Crippen molar-refractivity contribution in [2.45, 2.75) is 38.8 Å². The summed E-state index contributed by atoms with van der Waals surface area (Å²) in [6.45, 7) is 4.13. The molecule has 0 aromatic heterocycles. The minimum Gasteiger partial charge on any atom is -0.326 e. The smallest absolute Gasteiger partial charge is 0.325 e. The van der Waals surface area contributed by atoms with Gasteiger partial charge in [-0.25, -0.2) is 4.79 Å². The van der Waals surface area contributed by atoms with Crippen molar-refractivity contribution in [3.05, 3.63) is 0 Å². The zero-order valence-electron chi connectivity index (χ0n) is 9.73. The van der Waals surface area contributed by atoms with Crippen LogP contribution in [-0.2, 0) is 4.79 Å². The zero-order valence-corrected chi connectivity index (χ0v) is 10.5. The topological polar surface area (TPSA) is 49.4 Å². The van der Waals surface area contributed by atoms with Crippen LogP contribution in [0.1, 0.15) is 26.7 Å². The summed E-state index contributed by atoms with van der Waals surface area (Å²) < 4.78 is 0. The van der Waals surface area contributed by atoms with E-state index in [1.54, 1.807) is 0 Å². The second kappa shape index (κ2) is 4.65. The molecule has 1 N–H and O–H groups in total. The second-order valence-corrected chi connectivity index (χ2v) is 5.66. The summed E-state index contributed by atoms with van der Waals surface area (Å²) in [5.74, 6) is 2.32. The van der Waals surface area contributed by atoms with Crippen molar-refractivity contribution in [3.8, 4) is 0 Å². The number of nitrogens with zero attached hydrogens (tertiary/aromatic N) is 1. The van der Waals surface area contributed by atoms with Crippen LogP contribution in [0.25, 0.3) is 0 Å². The van der Waals surface area contributed by atoms with Crippen LogP contribution in [0.3, 0.4) is 0 Å². The van der Waals surface area contributed by atoms with E-state index in [9.17, 15) is 9.59 Å². The third-order valence-corrected chi connectivity index (χ3v) is 4.63. The Bertz CT molecular complexity index is 308. The third kappa shape index (κ3) is 1.93. The molecule has 0 spiro atoms. The van der Waals surface area contributed by atoms with Gasteiger partial charge in [0.25, 0.3) is 5.91 Å². The quantitative estimate of drug-likeness (QED) is 0.762. The lowest BCUT2D eigenvalue weighted by molar-refractivity contribution is -0.129. The van der Waals surface area contributed by atoms with Crippen LogP contribution in [0.4, 0.5) is 4.79 Å². The lowest BCUT2D eigenvalue weighted by Crippen LogP contribution is -2.44. The van der Waals surface area contributed by atoms with Gasteiger partial charge in [-0.1, -0.05) is 20.3 Å². The van der Waals surface area contributed by atoms with Crippen LogP contribution < -0.4 is 5.32 Å². The number of carbonyl (C=O) groups is 2. The van der Waals surface area contributed by atoms with Gasteiger partial charge in [0, 0.05) is 5.75 Å². The lowest BCUT2D eigenvalue weighted by atomic mass is 10.0. The molecule has 0 radical (unpaired) electrons. The molecule has 2 aliphatic rings. The standard InChI is InChI=1S/C11H18N2O2S/c1-3-4-8-10(14)13(11(15)12-8)9-6-16-5-7(9)2/h7-9H,3-6H2,1-2H3,(H,12,15)/t7-,8+,9+/m1/s1. The molecule has 90 valence electrons. The van der Waals surface area contributed by atoms with Gasteiger partial charge in [0.05, 0.1) is 6.04 Å². The first-order valence-electron chi connectivity index (χ1n) is 5.86. The van der Waals surface area contributed by atoms with E-state index in [1.807, 2.05) is 18.7 Å². The van der Waals surface area contributed by atoms with E-state index in [4.69, 9.17) is 0 Å². The first-order chi connectivity index (χ1) is 7.65. The maximum Gasteiger partial charge on any atom is 0.325 e. The number of hydrogen-bond acceptors (Lipinski definition) is 3. The zero-order chi connectivity index (χ0) is 11.7. The van der Waals surface area contributed by atoms with Crippen molar-refractivity contribution in [2.24, 2.45) is 5.92 Å². The molecular formula is C11H18N2O2S. The molecule has 3 atom stereocenters. The third-order valence-electron chi connectivity index (χ3n) is 3.29. The van der Waals surface area contributed by atoms with Gasteiger partial charge in [-0.3, -0.25) is 9.69 Å². The minimum absolute atomic E-state index is 0.0220. The normalized spacial score (nSPS) is 34.6. The summed E-state index contributed by atoms with van der Waals surface area (Å²) in [7, 11) is 0. The van der Waals surface area contributed by atoms with Gasteiger partial charge < -0.3 is 5.32 Å². The van der Waals surface area contributed by atoms with E-state index in [2.05, 4.69) is 12.2 Å². The number of urea groups is 1. The van der Waals surface area contributed by atoms with Crippen LogP contribution in [0, 0.1) is 5.92 Å². The molecule has 2 aliphatic heterocycles. The Balaban J connectivity index is 2.10. The Hall–Kier alpha value is -0.710. The SMILES string of the molecule is CCC[C@@H]1NC(=O)N([C@H]2CSC[C@H]2C)C1=O. The minimum atomic E-state index is -0.282. The number of amides is 3. The molecule has 0 saturated carbocycles. The van der Waals surface area contributed by atoms with Gasteiger partial charge >= 0.3 is 6.03 Å². The molecule has 2 heterocycles. The highest BCUT2D eigenvalue weighted by Gasteiger charge is 2.44. The summed E-state index contributed by atoms with van der Waals surface area (Å²) in [4.78, 5) is 25.3. The van der Waals surface area contributed by atoms with Crippen molar-refractivity contribution in [1.29, 1.82) is 0 Å². The van der Waals surface area contributed by atoms with Crippen molar-refractivity contribution >= 4 is 23.7 Å². The molecule has 5 heteroatoms. The van der Waals surface area contributed by atoms with E-state index in [-0.39, 0.29) is 24.0 Å². The highest BCUT2D eigenvalue weighted by molar-refractivity contribution is 7.99. The van der Waals surface area contributed by atoms with E-state index in [0.717, 1.165) is 24.3 Å². The van der Waals surface area contributed by atoms with Crippen LogP contribution >= 0.6 is 11.8 Å². The number of hydrogen-bond donors (Lipinski definition) is 1. The van der Waals surface area contributed by atoms with Crippen LogP contribution in [0.2, 0.25) is 0 Å². The van der Waals surface area contributed by atoms with Crippen molar-refractivity contribution in [3.63, 3.8) is 0 Å². The fourth-order valence-electron chi connectivity index (χ4n) is 2.33. The molecule has 0 aromatic rings. The average molecular weight is 242 g/mol. The van der Waals surface area contributed by atoms with Gasteiger partial charge in [0.1, 0.15) is 6.04 Å². The summed E-state index contributed by atoms with van der Waals surface area (Å²) in [6, 6.07) is -0.377.